The smallest absolute Gasteiger partial charge is 0.133 e. The Morgan fingerprint density at radius 1 is 1.19 bits per heavy atom. The lowest BCUT2D eigenvalue weighted by Gasteiger charge is -2.13. The minimum atomic E-state index is -0.920. The molecule has 0 saturated carbocycles. The predicted molar refractivity (Wildman–Crippen MR) is 60.0 cm³/mol. The maximum Gasteiger partial charge on any atom is 0.133 e. The Kier molecular flexibility index (Phi) is 6.45. The van der Waals surface area contributed by atoms with Crippen molar-refractivity contribution in [2.24, 2.45) is 5.73 Å². The summed E-state index contributed by atoms with van der Waals surface area (Å²) in [5.41, 5.74) is 5.41. The molecule has 0 heterocycles. The van der Waals surface area contributed by atoms with Crippen LogP contribution in [-0.2, 0) is 0 Å². The van der Waals surface area contributed by atoms with Crippen LogP contribution in [-0.4, -0.2) is 0 Å². The Balaban J connectivity index is 0.00000225. The summed E-state index contributed by atoms with van der Waals surface area (Å²) in [6, 6.07) is 0.611. The lowest BCUT2D eigenvalue weighted by Crippen LogP contribution is -2.14. The summed E-state index contributed by atoms with van der Waals surface area (Å²) >= 11 is 0. The summed E-state index contributed by atoms with van der Waals surface area (Å²) in [5.74, 6) is -2.73. The molecule has 0 aliphatic rings. The third-order valence-electron chi connectivity index (χ3n) is 2.28. The number of rotatable bonds is 4. The van der Waals surface area contributed by atoms with Gasteiger partial charge in [-0.05, 0) is 6.42 Å². The van der Waals surface area contributed by atoms with Crippen LogP contribution in [0.1, 0.15) is 37.8 Å². The molecule has 0 radical (unpaired) electrons. The van der Waals surface area contributed by atoms with Crippen LogP contribution in [0.4, 0.5) is 13.2 Å². The highest BCUT2D eigenvalue weighted by atomic mass is 35.5. The summed E-state index contributed by atoms with van der Waals surface area (Å²) in [4.78, 5) is 0. The molecule has 0 spiro atoms. The molecular formula is C11H15ClF3N. The van der Waals surface area contributed by atoms with E-state index in [1.807, 2.05) is 6.92 Å². The van der Waals surface area contributed by atoms with Gasteiger partial charge in [-0.3, -0.25) is 0 Å². The summed E-state index contributed by atoms with van der Waals surface area (Å²) in [5, 5.41) is 0. The van der Waals surface area contributed by atoms with Gasteiger partial charge in [0.1, 0.15) is 17.5 Å². The van der Waals surface area contributed by atoms with Crippen LogP contribution in [0, 0.1) is 17.5 Å². The molecule has 0 amide bonds. The molecule has 1 aromatic carbocycles. The third kappa shape index (κ3) is 3.68. The van der Waals surface area contributed by atoms with Gasteiger partial charge in [0.15, 0.2) is 0 Å². The van der Waals surface area contributed by atoms with Crippen LogP contribution in [0.15, 0.2) is 12.1 Å². The number of hydrogen-bond donors (Lipinski definition) is 1. The highest BCUT2D eigenvalue weighted by Crippen LogP contribution is 2.23. The molecule has 0 bridgehead atoms. The molecule has 1 rings (SSSR count). The molecule has 0 unspecified atom stereocenters. The van der Waals surface area contributed by atoms with E-state index in [-0.39, 0.29) is 18.0 Å². The Bertz CT molecular complexity index is 321. The zero-order valence-electron chi connectivity index (χ0n) is 8.97. The minimum Gasteiger partial charge on any atom is -0.324 e. The molecule has 0 aromatic heterocycles. The normalized spacial score (nSPS) is 12.1. The molecule has 0 aliphatic heterocycles. The number of benzene rings is 1. The lowest BCUT2D eigenvalue weighted by atomic mass is 10.0. The second-order valence-corrected chi connectivity index (χ2v) is 3.53. The quantitative estimate of drug-likeness (QED) is 0.870. The van der Waals surface area contributed by atoms with Crippen molar-refractivity contribution in [2.45, 2.75) is 32.2 Å². The van der Waals surface area contributed by atoms with E-state index >= 15 is 0 Å². The SMILES string of the molecule is CCCC[C@@H](N)c1c(F)cc(F)cc1F.Cl. The fourth-order valence-electron chi connectivity index (χ4n) is 1.48. The topological polar surface area (TPSA) is 26.0 Å². The largest absolute Gasteiger partial charge is 0.324 e. The van der Waals surface area contributed by atoms with Gasteiger partial charge < -0.3 is 5.73 Å². The number of nitrogens with two attached hydrogens (primary N) is 1. The van der Waals surface area contributed by atoms with Crippen molar-refractivity contribution in [1.29, 1.82) is 0 Å². The zero-order chi connectivity index (χ0) is 11.4. The first-order valence-electron chi connectivity index (χ1n) is 4.96. The van der Waals surface area contributed by atoms with Crippen molar-refractivity contribution in [1.82, 2.24) is 0 Å². The molecule has 5 heteroatoms. The molecule has 0 aliphatic carbocycles. The van der Waals surface area contributed by atoms with E-state index in [1.165, 1.54) is 0 Å². The highest BCUT2D eigenvalue weighted by molar-refractivity contribution is 5.85. The van der Waals surface area contributed by atoms with Crippen LogP contribution in [0.3, 0.4) is 0 Å². The first-order chi connectivity index (χ1) is 7.06. The molecule has 1 nitrogen and oxygen atoms in total. The van der Waals surface area contributed by atoms with Crippen LogP contribution < -0.4 is 5.73 Å². The minimum absolute atomic E-state index is 0. The van der Waals surface area contributed by atoms with Gasteiger partial charge in [0, 0.05) is 23.7 Å². The molecule has 2 N–H and O–H groups in total. The molecule has 0 saturated heterocycles. The van der Waals surface area contributed by atoms with Crippen LogP contribution in [0.5, 0.6) is 0 Å². The average molecular weight is 254 g/mol. The molecule has 16 heavy (non-hydrogen) atoms. The zero-order valence-corrected chi connectivity index (χ0v) is 9.79. The number of hydrogen-bond acceptors (Lipinski definition) is 1. The van der Waals surface area contributed by atoms with Crippen molar-refractivity contribution < 1.29 is 13.2 Å². The van der Waals surface area contributed by atoms with Gasteiger partial charge in [-0.1, -0.05) is 19.8 Å². The van der Waals surface area contributed by atoms with Gasteiger partial charge in [-0.2, -0.15) is 0 Å². The van der Waals surface area contributed by atoms with Crippen molar-refractivity contribution in [3.63, 3.8) is 0 Å². The molecule has 0 fully saturated rings. The van der Waals surface area contributed by atoms with E-state index in [4.69, 9.17) is 5.73 Å². The standard InChI is InChI=1S/C11H14F3N.ClH/c1-2-3-4-10(15)11-8(13)5-7(12)6-9(11)14;/h5-6,10H,2-4,15H2,1H3;1H/t10-;/m1./s1. The summed E-state index contributed by atoms with van der Waals surface area (Å²) in [7, 11) is 0. The van der Waals surface area contributed by atoms with Gasteiger partial charge in [0.25, 0.3) is 0 Å². The van der Waals surface area contributed by atoms with Gasteiger partial charge in [0.05, 0.1) is 0 Å². The van der Waals surface area contributed by atoms with Crippen molar-refractivity contribution >= 4 is 12.4 Å². The van der Waals surface area contributed by atoms with E-state index in [9.17, 15) is 13.2 Å². The molecule has 1 atom stereocenters. The average Bonchev–Trinajstić information content (AvgIpc) is 2.12. The fraction of sp³-hybridized carbons (Fsp3) is 0.455. The van der Waals surface area contributed by atoms with E-state index in [0.717, 1.165) is 12.8 Å². The second kappa shape index (κ2) is 6.76. The molecule has 92 valence electrons. The third-order valence-corrected chi connectivity index (χ3v) is 2.28. The van der Waals surface area contributed by atoms with Crippen molar-refractivity contribution in [3.8, 4) is 0 Å². The van der Waals surface area contributed by atoms with E-state index in [0.29, 0.717) is 18.6 Å². The maximum atomic E-state index is 13.2. The molecule has 1 aromatic rings. The summed E-state index contributed by atoms with van der Waals surface area (Å²) in [6.45, 7) is 1.96. The second-order valence-electron chi connectivity index (χ2n) is 3.53. The van der Waals surface area contributed by atoms with E-state index in [2.05, 4.69) is 0 Å². The highest BCUT2D eigenvalue weighted by Gasteiger charge is 2.17. The number of unbranched alkanes of at least 4 members (excludes halogenated alkanes) is 1. The van der Waals surface area contributed by atoms with Gasteiger partial charge >= 0.3 is 0 Å². The van der Waals surface area contributed by atoms with Gasteiger partial charge in [0.2, 0.25) is 0 Å². The Labute approximate surface area is 99.2 Å². The Hall–Kier alpha value is -0.740. The first-order valence-corrected chi connectivity index (χ1v) is 4.96. The van der Waals surface area contributed by atoms with Gasteiger partial charge in [-0.15, -0.1) is 12.4 Å². The lowest BCUT2D eigenvalue weighted by molar-refractivity contribution is 0.486. The Morgan fingerprint density at radius 3 is 2.12 bits per heavy atom. The van der Waals surface area contributed by atoms with E-state index < -0.39 is 23.5 Å². The fourth-order valence-corrected chi connectivity index (χ4v) is 1.48. The predicted octanol–water partition coefficient (Wildman–Crippen LogP) is 3.72. The first kappa shape index (κ1) is 15.3. The summed E-state index contributed by atoms with van der Waals surface area (Å²) in [6.07, 6.45) is 2.19. The monoisotopic (exact) mass is 253 g/mol. The summed E-state index contributed by atoms with van der Waals surface area (Å²) < 4.78 is 39.1. The van der Waals surface area contributed by atoms with Crippen molar-refractivity contribution in [3.05, 3.63) is 35.1 Å². The van der Waals surface area contributed by atoms with E-state index in [1.54, 1.807) is 0 Å². The van der Waals surface area contributed by atoms with Gasteiger partial charge in [-0.25, -0.2) is 13.2 Å². The van der Waals surface area contributed by atoms with Crippen molar-refractivity contribution in [2.75, 3.05) is 0 Å². The van der Waals surface area contributed by atoms with Crippen LogP contribution in [0.2, 0.25) is 0 Å². The van der Waals surface area contributed by atoms with Crippen LogP contribution >= 0.6 is 12.4 Å². The Morgan fingerprint density at radius 2 is 1.69 bits per heavy atom. The number of halogens is 4. The van der Waals surface area contributed by atoms with Crippen LogP contribution in [0.25, 0.3) is 0 Å². The maximum absolute atomic E-state index is 13.2. The molecular weight excluding hydrogens is 239 g/mol.